The van der Waals surface area contributed by atoms with E-state index in [-0.39, 0.29) is 0 Å². The predicted molar refractivity (Wildman–Crippen MR) is 201 cm³/mol. The highest BCUT2D eigenvalue weighted by molar-refractivity contribution is 7.04. The third-order valence-corrected chi connectivity index (χ3v) is 13.6. The van der Waals surface area contributed by atoms with Crippen LogP contribution in [0.25, 0.3) is 88.8 Å². The molecule has 0 amide bonds. The Labute approximate surface area is 278 Å². The maximum absolute atomic E-state index is 6.78. The van der Waals surface area contributed by atoms with E-state index in [0.717, 1.165) is 38.6 Å². The van der Waals surface area contributed by atoms with Crippen molar-refractivity contribution in [2.75, 3.05) is 0 Å². The van der Waals surface area contributed by atoms with Gasteiger partial charge in [-0.15, -0.1) is 0 Å². The van der Waals surface area contributed by atoms with Crippen molar-refractivity contribution in [2.24, 2.45) is 0 Å². The summed E-state index contributed by atoms with van der Waals surface area (Å²) in [6, 6.07) is 49.2. The number of nitrogens with zero attached hydrogens (tertiary/aromatic N) is 3. The molecule has 0 fully saturated rings. The summed E-state index contributed by atoms with van der Waals surface area (Å²) in [5.41, 5.74) is 7.16. The van der Waals surface area contributed by atoms with Crippen molar-refractivity contribution in [3.8, 4) is 45.3 Å². The lowest BCUT2D eigenvalue weighted by atomic mass is 9.98. The molecule has 0 saturated heterocycles. The van der Waals surface area contributed by atoms with E-state index in [1.165, 1.54) is 43.0 Å². The predicted octanol–water partition coefficient (Wildman–Crippen LogP) is 9.88. The van der Waals surface area contributed by atoms with Crippen molar-refractivity contribution in [3.05, 3.63) is 140 Å². The zero-order valence-corrected chi connectivity index (χ0v) is 27.5. The zero-order chi connectivity index (χ0) is 32.0. The van der Waals surface area contributed by atoms with Crippen molar-refractivity contribution in [3.63, 3.8) is 0 Å². The second-order valence-corrected chi connectivity index (χ2v) is 17.5. The largest absolute Gasteiger partial charge is 0.455 e. The molecule has 4 nitrogen and oxygen atoms in total. The summed E-state index contributed by atoms with van der Waals surface area (Å²) < 4.78 is 6.78. The lowest BCUT2D eigenvalue weighted by molar-refractivity contribution is 0.670. The molecule has 48 heavy (non-hydrogen) atoms. The summed E-state index contributed by atoms with van der Waals surface area (Å²) in [6.45, 7) is 4.87. The van der Waals surface area contributed by atoms with Gasteiger partial charge in [0.1, 0.15) is 19.2 Å². The van der Waals surface area contributed by atoms with Gasteiger partial charge >= 0.3 is 0 Å². The van der Waals surface area contributed by atoms with E-state index in [0.29, 0.717) is 17.5 Å². The Morgan fingerprint density at radius 3 is 1.98 bits per heavy atom. The van der Waals surface area contributed by atoms with Crippen molar-refractivity contribution in [2.45, 2.75) is 13.1 Å². The minimum absolute atomic E-state index is 0.648. The molecule has 5 heteroatoms. The van der Waals surface area contributed by atoms with Gasteiger partial charge in [0.25, 0.3) is 0 Å². The summed E-state index contributed by atoms with van der Waals surface area (Å²) in [6.07, 6.45) is 0. The van der Waals surface area contributed by atoms with Gasteiger partial charge in [0, 0.05) is 33.0 Å². The quantitative estimate of drug-likeness (QED) is 0.144. The molecule has 226 valence electrons. The third-order valence-electron chi connectivity index (χ3n) is 10.1. The van der Waals surface area contributed by atoms with Crippen LogP contribution in [-0.4, -0.2) is 23.0 Å². The van der Waals surface area contributed by atoms with Crippen LogP contribution in [0.1, 0.15) is 0 Å². The van der Waals surface area contributed by atoms with Crippen LogP contribution in [0.3, 0.4) is 0 Å². The summed E-state index contributed by atoms with van der Waals surface area (Å²) in [5, 5.41) is 9.69. The third kappa shape index (κ3) is 3.91. The van der Waals surface area contributed by atoms with Gasteiger partial charge in [-0.2, -0.15) is 0 Å². The fourth-order valence-electron chi connectivity index (χ4n) is 7.71. The van der Waals surface area contributed by atoms with Gasteiger partial charge in [-0.05, 0) is 55.7 Å². The first-order chi connectivity index (χ1) is 23.5. The molecule has 0 aliphatic carbocycles. The summed E-state index contributed by atoms with van der Waals surface area (Å²) >= 11 is 0. The van der Waals surface area contributed by atoms with Gasteiger partial charge < -0.3 is 4.42 Å². The van der Waals surface area contributed by atoms with Crippen LogP contribution in [0.2, 0.25) is 13.1 Å². The molecule has 9 aromatic rings. The molecule has 2 aromatic heterocycles. The molecule has 0 bridgehead atoms. The Bertz CT molecular complexity index is 2770. The summed E-state index contributed by atoms with van der Waals surface area (Å²) in [5.74, 6) is 1.95. The molecule has 0 N–H and O–H groups in total. The average Bonchev–Trinajstić information content (AvgIpc) is 3.64. The molecule has 0 radical (unpaired) electrons. The van der Waals surface area contributed by atoms with E-state index in [4.69, 9.17) is 19.4 Å². The van der Waals surface area contributed by atoms with Crippen LogP contribution < -0.4 is 10.4 Å². The van der Waals surface area contributed by atoms with Crippen LogP contribution in [0.5, 0.6) is 0 Å². The summed E-state index contributed by atoms with van der Waals surface area (Å²) in [7, 11) is -2.05. The fourth-order valence-corrected chi connectivity index (χ4v) is 10.8. The van der Waals surface area contributed by atoms with Gasteiger partial charge in [0.15, 0.2) is 17.5 Å². The lowest BCUT2D eigenvalue weighted by Gasteiger charge is -2.19. The van der Waals surface area contributed by atoms with Gasteiger partial charge in [-0.1, -0.05) is 134 Å². The number of benzene rings is 7. The van der Waals surface area contributed by atoms with Crippen molar-refractivity contribution >= 4 is 61.9 Å². The molecular weight excluding hydrogens is 603 g/mol. The maximum atomic E-state index is 6.78. The second-order valence-electron chi connectivity index (χ2n) is 13.2. The number of furan rings is 1. The average molecular weight is 632 g/mol. The molecule has 0 unspecified atom stereocenters. The molecule has 10 rings (SSSR count). The molecule has 7 aromatic carbocycles. The molecule has 1 aliphatic rings. The van der Waals surface area contributed by atoms with E-state index in [1.807, 2.05) is 24.3 Å². The number of hydrogen-bond acceptors (Lipinski definition) is 4. The highest BCUT2D eigenvalue weighted by Gasteiger charge is 2.40. The Morgan fingerprint density at radius 2 is 1.12 bits per heavy atom. The monoisotopic (exact) mass is 631 g/mol. The topological polar surface area (TPSA) is 51.8 Å². The Balaban J connectivity index is 1.29. The standard InChI is InChI=1S/C43H29N3OSi/c1-48(2)36-19-11-9-17-32(36)39-37(48)25-34(38-31-16-8-10-18-35(31)47-40(38)39)43-45-41(28-13-4-3-5-14-28)44-42(46-43)29-23-22-27-21-20-26-12-6-7-15-30(26)33(27)24-29/h3-25H,1-2H3. The Hall–Kier alpha value is -5.91. The number of para-hydroxylation sites is 1. The molecule has 0 spiro atoms. The Kier molecular flexibility index (Phi) is 5.70. The molecular formula is C43H29N3OSi. The minimum Gasteiger partial charge on any atom is -0.455 e. The second kappa shape index (κ2) is 10.0. The van der Waals surface area contributed by atoms with E-state index < -0.39 is 8.07 Å². The maximum Gasteiger partial charge on any atom is 0.164 e. The van der Waals surface area contributed by atoms with Crippen LogP contribution in [0.4, 0.5) is 0 Å². The first-order valence-electron chi connectivity index (χ1n) is 16.4. The summed E-state index contributed by atoms with van der Waals surface area (Å²) in [4.78, 5) is 15.6. The number of fused-ring (bicyclic) bond motifs is 10. The van der Waals surface area contributed by atoms with Gasteiger partial charge in [-0.3, -0.25) is 0 Å². The molecule has 0 saturated carbocycles. The first kappa shape index (κ1) is 27.2. The van der Waals surface area contributed by atoms with Crippen molar-refractivity contribution < 1.29 is 4.42 Å². The molecule has 0 atom stereocenters. The van der Waals surface area contributed by atoms with E-state index in [1.54, 1.807) is 0 Å². The molecule has 1 aliphatic heterocycles. The smallest absolute Gasteiger partial charge is 0.164 e. The highest BCUT2D eigenvalue weighted by atomic mass is 28.3. The zero-order valence-electron chi connectivity index (χ0n) is 26.5. The van der Waals surface area contributed by atoms with Gasteiger partial charge in [0.2, 0.25) is 0 Å². The van der Waals surface area contributed by atoms with Crippen LogP contribution in [0, 0.1) is 0 Å². The minimum atomic E-state index is -2.05. The van der Waals surface area contributed by atoms with E-state index in [9.17, 15) is 0 Å². The molecule has 3 heterocycles. The van der Waals surface area contributed by atoms with Crippen LogP contribution in [-0.2, 0) is 0 Å². The lowest BCUT2D eigenvalue weighted by Crippen LogP contribution is -2.49. The van der Waals surface area contributed by atoms with E-state index >= 15 is 0 Å². The van der Waals surface area contributed by atoms with Crippen molar-refractivity contribution in [1.82, 2.24) is 15.0 Å². The van der Waals surface area contributed by atoms with Crippen LogP contribution in [0.15, 0.2) is 144 Å². The van der Waals surface area contributed by atoms with Crippen molar-refractivity contribution in [1.29, 1.82) is 0 Å². The van der Waals surface area contributed by atoms with Gasteiger partial charge in [0.05, 0.1) is 0 Å². The Morgan fingerprint density at radius 1 is 0.479 bits per heavy atom. The number of rotatable bonds is 3. The fraction of sp³-hybridized carbons (Fsp3) is 0.0465. The van der Waals surface area contributed by atoms with Gasteiger partial charge in [-0.25, -0.2) is 15.0 Å². The first-order valence-corrected chi connectivity index (χ1v) is 19.4. The number of aromatic nitrogens is 3. The van der Waals surface area contributed by atoms with E-state index in [2.05, 4.69) is 128 Å². The number of hydrogen-bond donors (Lipinski definition) is 0. The normalized spacial score (nSPS) is 13.4. The highest BCUT2D eigenvalue weighted by Crippen LogP contribution is 2.43. The van der Waals surface area contributed by atoms with Crippen LogP contribution >= 0.6 is 0 Å². The SMILES string of the molecule is C[Si]1(C)c2ccccc2-c2c1cc(-c1nc(-c3ccccc3)nc(-c3ccc4ccc5ccccc5c4c3)n1)c1c2oc2ccccc21.